The Hall–Kier alpha value is -2.61. The monoisotopic (exact) mass is 368 g/mol. The number of fused-ring (bicyclic) bond motifs is 1. The zero-order chi connectivity index (χ0) is 17.9. The Labute approximate surface area is 155 Å². The van der Waals surface area contributed by atoms with E-state index in [4.69, 9.17) is 0 Å². The molecule has 1 aliphatic rings. The molecule has 4 rings (SSSR count). The highest BCUT2D eigenvalue weighted by molar-refractivity contribution is 7.13. The zero-order valence-electron chi connectivity index (χ0n) is 14.5. The molecule has 0 spiro atoms. The predicted molar refractivity (Wildman–Crippen MR) is 99.0 cm³/mol. The normalized spacial score (nSPS) is 16.3. The van der Waals surface area contributed by atoms with Gasteiger partial charge in [0.05, 0.1) is 11.9 Å². The smallest absolute Gasteiger partial charge is 0.272 e. The molecule has 1 amide bonds. The number of H-pyrrole nitrogens is 1. The van der Waals surface area contributed by atoms with E-state index in [2.05, 4.69) is 37.4 Å². The number of hydrogen-bond acceptors (Lipinski definition) is 6. The first kappa shape index (κ1) is 16.8. The molecular weight excluding hydrogens is 348 g/mol. The molecule has 0 aliphatic heterocycles. The van der Waals surface area contributed by atoms with Crippen LogP contribution in [0.4, 0.5) is 0 Å². The lowest BCUT2D eigenvalue weighted by atomic mass is 9.87. The second kappa shape index (κ2) is 7.33. The third kappa shape index (κ3) is 3.50. The maximum absolute atomic E-state index is 12.5. The average molecular weight is 368 g/mol. The van der Waals surface area contributed by atoms with Crippen LogP contribution in [0.15, 0.2) is 24.0 Å². The predicted octanol–water partition coefficient (Wildman–Crippen LogP) is 2.42. The van der Waals surface area contributed by atoms with Crippen LogP contribution in [-0.4, -0.2) is 37.6 Å². The number of aromatic amines is 1. The fraction of sp³-hybridized carbons (Fsp3) is 0.389. The summed E-state index contributed by atoms with van der Waals surface area (Å²) in [6.45, 7) is 2.74. The molecule has 3 aromatic rings. The van der Waals surface area contributed by atoms with E-state index in [-0.39, 0.29) is 5.91 Å². The van der Waals surface area contributed by atoms with E-state index in [1.807, 2.05) is 5.38 Å². The minimum absolute atomic E-state index is 0.110. The van der Waals surface area contributed by atoms with Crippen molar-refractivity contribution in [2.75, 3.05) is 6.54 Å². The molecule has 3 aromatic heterocycles. The molecule has 7 nitrogen and oxygen atoms in total. The number of aryl methyl sites for hydroxylation is 1. The van der Waals surface area contributed by atoms with E-state index in [1.54, 1.807) is 18.6 Å². The van der Waals surface area contributed by atoms with Crippen molar-refractivity contribution in [2.45, 2.75) is 32.6 Å². The first-order chi connectivity index (χ1) is 12.7. The van der Waals surface area contributed by atoms with Gasteiger partial charge in [-0.05, 0) is 25.2 Å². The lowest BCUT2D eigenvalue weighted by molar-refractivity contribution is 0.0948. The molecule has 0 unspecified atom stereocenters. The molecule has 26 heavy (non-hydrogen) atoms. The minimum Gasteiger partial charge on any atom is -0.350 e. The number of nitrogens with one attached hydrogen (secondary N) is 2. The number of amides is 1. The summed E-state index contributed by atoms with van der Waals surface area (Å²) in [5, 5.41) is 13.1. The second-order valence-corrected chi connectivity index (χ2v) is 7.48. The van der Waals surface area contributed by atoms with Gasteiger partial charge in [0.15, 0.2) is 5.69 Å². The number of rotatable bonds is 5. The Morgan fingerprint density at radius 1 is 1.42 bits per heavy atom. The minimum atomic E-state index is -0.110. The number of nitrogens with zero attached hydrogens (tertiary/aromatic N) is 4. The first-order valence-corrected chi connectivity index (χ1v) is 9.63. The van der Waals surface area contributed by atoms with Gasteiger partial charge in [-0.15, -0.1) is 11.3 Å². The van der Waals surface area contributed by atoms with Crippen molar-refractivity contribution < 1.29 is 4.79 Å². The van der Waals surface area contributed by atoms with E-state index in [0.29, 0.717) is 24.6 Å². The molecule has 0 radical (unpaired) electrons. The number of thiazole rings is 1. The van der Waals surface area contributed by atoms with E-state index < -0.39 is 0 Å². The molecule has 0 fully saturated rings. The molecule has 134 valence electrons. The van der Waals surface area contributed by atoms with Gasteiger partial charge in [0, 0.05) is 42.0 Å². The largest absolute Gasteiger partial charge is 0.350 e. The van der Waals surface area contributed by atoms with Crippen LogP contribution in [0.3, 0.4) is 0 Å². The maximum Gasteiger partial charge on any atom is 0.272 e. The molecule has 0 saturated carbocycles. The summed E-state index contributed by atoms with van der Waals surface area (Å²) in [5.74, 6) is 0.488. The lowest BCUT2D eigenvalue weighted by Gasteiger charge is -2.17. The van der Waals surface area contributed by atoms with Crippen molar-refractivity contribution in [1.29, 1.82) is 0 Å². The summed E-state index contributed by atoms with van der Waals surface area (Å²) in [5.41, 5.74) is 4.45. The molecule has 1 aliphatic carbocycles. The van der Waals surface area contributed by atoms with Gasteiger partial charge in [0.2, 0.25) is 0 Å². The molecule has 2 N–H and O–H groups in total. The van der Waals surface area contributed by atoms with E-state index in [9.17, 15) is 4.79 Å². The van der Waals surface area contributed by atoms with Crippen molar-refractivity contribution in [3.8, 4) is 10.7 Å². The third-order valence-electron chi connectivity index (χ3n) is 4.61. The standard InChI is InChI=1S/C18H20N6OS/c1-11-2-3-14-13(8-11)16(24-23-14)17(25)21-5-4-12-10-26-18(22-12)15-9-19-6-7-20-15/h6-7,9-11H,2-5,8H2,1H3,(H,21,25)(H,23,24)/t11-/m0/s1. The summed E-state index contributed by atoms with van der Waals surface area (Å²) in [4.78, 5) is 25.4. The first-order valence-electron chi connectivity index (χ1n) is 8.76. The molecule has 0 bridgehead atoms. The maximum atomic E-state index is 12.5. The van der Waals surface area contributed by atoms with Gasteiger partial charge in [-0.25, -0.2) is 4.98 Å². The fourth-order valence-electron chi connectivity index (χ4n) is 3.19. The van der Waals surface area contributed by atoms with Gasteiger partial charge < -0.3 is 5.32 Å². The van der Waals surface area contributed by atoms with Crippen molar-refractivity contribution in [2.24, 2.45) is 5.92 Å². The average Bonchev–Trinajstić information content (AvgIpc) is 3.29. The Balaban J connectivity index is 1.35. The highest BCUT2D eigenvalue weighted by Crippen LogP contribution is 2.26. The van der Waals surface area contributed by atoms with Crippen molar-refractivity contribution >= 4 is 17.2 Å². The third-order valence-corrected chi connectivity index (χ3v) is 5.52. The van der Waals surface area contributed by atoms with Crippen LogP contribution in [0.25, 0.3) is 10.7 Å². The summed E-state index contributed by atoms with van der Waals surface area (Å²) in [6, 6.07) is 0. The van der Waals surface area contributed by atoms with Gasteiger partial charge in [-0.3, -0.25) is 19.9 Å². The lowest BCUT2D eigenvalue weighted by Crippen LogP contribution is -2.27. The van der Waals surface area contributed by atoms with E-state index in [1.165, 1.54) is 11.3 Å². The Morgan fingerprint density at radius 3 is 3.19 bits per heavy atom. The van der Waals surface area contributed by atoms with Crippen molar-refractivity contribution in [3.63, 3.8) is 0 Å². The van der Waals surface area contributed by atoms with Gasteiger partial charge >= 0.3 is 0 Å². The summed E-state index contributed by atoms with van der Waals surface area (Å²) in [7, 11) is 0. The molecule has 3 heterocycles. The van der Waals surface area contributed by atoms with Crippen LogP contribution in [0.5, 0.6) is 0 Å². The zero-order valence-corrected chi connectivity index (χ0v) is 15.3. The van der Waals surface area contributed by atoms with Crippen LogP contribution < -0.4 is 5.32 Å². The topological polar surface area (TPSA) is 96.5 Å². The van der Waals surface area contributed by atoms with Crippen LogP contribution in [0.1, 0.15) is 40.8 Å². The number of aromatic nitrogens is 5. The fourth-order valence-corrected chi connectivity index (χ4v) is 4.01. The molecular formula is C18H20N6OS. The SMILES string of the molecule is C[C@H]1CCc2[nH]nc(C(=O)NCCc3csc(-c4cnccn4)n3)c2C1. The highest BCUT2D eigenvalue weighted by Gasteiger charge is 2.24. The van der Waals surface area contributed by atoms with E-state index >= 15 is 0 Å². The van der Waals surface area contributed by atoms with Crippen LogP contribution >= 0.6 is 11.3 Å². The van der Waals surface area contributed by atoms with Crippen molar-refractivity contribution in [3.05, 3.63) is 46.6 Å². The van der Waals surface area contributed by atoms with Gasteiger partial charge in [0.1, 0.15) is 10.7 Å². The molecule has 8 heteroatoms. The Kier molecular flexibility index (Phi) is 4.75. The Morgan fingerprint density at radius 2 is 2.35 bits per heavy atom. The molecule has 0 saturated heterocycles. The number of carbonyl (C=O) groups excluding carboxylic acids is 1. The van der Waals surface area contributed by atoms with Gasteiger partial charge in [-0.1, -0.05) is 6.92 Å². The molecule has 1 atom stereocenters. The van der Waals surface area contributed by atoms with Gasteiger partial charge in [-0.2, -0.15) is 5.10 Å². The Bertz CT molecular complexity index is 904. The summed E-state index contributed by atoms with van der Waals surface area (Å²) < 4.78 is 0. The highest BCUT2D eigenvalue weighted by atomic mass is 32.1. The summed E-state index contributed by atoms with van der Waals surface area (Å²) >= 11 is 1.53. The quantitative estimate of drug-likeness (QED) is 0.721. The summed E-state index contributed by atoms with van der Waals surface area (Å²) in [6.07, 6.45) is 8.71. The van der Waals surface area contributed by atoms with Crippen LogP contribution in [0.2, 0.25) is 0 Å². The molecule has 0 aromatic carbocycles. The van der Waals surface area contributed by atoms with E-state index in [0.717, 1.165) is 46.9 Å². The second-order valence-electron chi connectivity index (χ2n) is 6.62. The number of hydrogen-bond donors (Lipinski definition) is 2. The number of carbonyl (C=O) groups is 1. The van der Waals surface area contributed by atoms with Crippen LogP contribution in [0, 0.1) is 5.92 Å². The van der Waals surface area contributed by atoms with Crippen molar-refractivity contribution in [1.82, 2.24) is 30.5 Å². The van der Waals surface area contributed by atoms with Gasteiger partial charge in [0.25, 0.3) is 5.91 Å². The van der Waals surface area contributed by atoms with Crippen LogP contribution in [-0.2, 0) is 19.3 Å².